The number of allylic oxidation sites excluding steroid dienone is 2. The molecule has 0 rings (SSSR count). The van der Waals surface area contributed by atoms with Crippen molar-refractivity contribution in [3.8, 4) is 0 Å². The van der Waals surface area contributed by atoms with Crippen LogP contribution in [0.3, 0.4) is 0 Å². The number of unbranched alkanes of at least 4 members (excludes halogenated alkanes) is 7. The summed E-state index contributed by atoms with van der Waals surface area (Å²) in [7, 11) is 1.46. The fraction of sp³-hybridized carbons (Fsp3) is 0.833. The van der Waals surface area contributed by atoms with Crippen LogP contribution in [-0.4, -0.2) is 13.1 Å². The van der Waals surface area contributed by atoms with Gasteiger partial charge in [0.25, 0.3) is 0 Å². The Hall–Kier alpha value is -0.790. The molecular formula is C18H34O2. The lowest BCUT2D eigenvalue weighted by molar-refractivity contribution is -0.140. The fourth-order valence-electron chi connectivity index (χ4n) is 2.30. The van der Waals surface area contributed by atoms with Crippen LogP contribution in [0.5, 0.6) is 0 Å². The van der Waals surface area contributed by atoms with Crippen molar-refractivity contribution in [2.45, 2.75) is 84.5 Å². The standard InChI is InChI=1S/C18H34O2/c1-4-5-6-7-8-9-11-14-17(2)15-12-10-13-16-18(19)20-3/h11,14,17H,4-10,12-13,15-16H2,1-3H3. The predicted molar refractivity (Wildman–Crippen MR) is 86.8 cm³/mol. The number of esters is 1. The van der Waals surface area contributed by atoms with Crippen molar-refractivity contribution in [3.05, 3.63) is 12.2 Å². The average Bonchev–Trinajstić information content (AvgIpc) is 2.45. The first-order chi connectivity index (χ1) is 9.70. The van der Waals surface area contributed by atoms with E-state index in [1.807, 2.05) is 0 Å². The Bertz CT molecular complexity index is 246. The monoisotopic (exact) mass is 282 g/mol. The molecule has 0 saturated heterocycles. The lowest BCUT2D eigenvalue weighted by Crippen LogP contribution is -1.99. The maximum atomic E-state index is 10.9. The zero-order chi connectivity index (χ0) is 15.1. The maximum Gasteiger partial charge on any atom is 0.305 e. The molecule has 2 nitrogen and oxygen atoms in total. The van der Waals surface area contributed by atoms with Gasteiger partial charge in [0, 0.05) is 6.42 Å². The van der Waals surface area contributed by atoms with Gasteiger partial charge in [-0.1, -0.05) is 64.5 Å². The van der Waals surface area contributed by atoms with E-state index in [9.17, 15) is 4.79 Å². The molecular weight excluding hydrogens is 248 g/mol. The minimum absolute atomic E-state index is 0.0824. The number of rotatable bonds is 13. The van der Waals surface area contributed by atoms with E-state index in [1.54, 1.807) is 0 Å². The molecule has 0 saturated carbocycles. The van der Waals surface area contributed by atoms with E-state index < -0.39 is 0 Å². The third-order valence-electron chi connectivity index (χ3n) is 3.71. The number of carbonyl (C=O) groups excluding carboxylic acids is 1. The molecule has 1 unspecified atom stereocenters. The fourth-order valence-corrected chi connectivity index (χ4v) is 2.30. The highest BCUT2D eigenvalue weighted by Gasteiger charge is 2.01. The van der Waals surface area contributed by atoms with Gasteiger partial charge < -0.3 is 4.74 Å². The van der Waals surface area contributed by atoms with Gasteiger partial charge in [0.1, 0.15) is 0 Å². The van der Waals surface area contributed by atoms with Gasteiger partial charge >= 0.3 is 5.97 Å². The molecule has 0 aromatic heterocycles. The molecule has 118 valence electrons. The zero-order valence-corrected chi connectivity index (χ0v) is 13.8. The largest absolute Gasteiger partial charge is 0.469 e. The van der Waals surface area contributed by atoms with E-state index in [1.165, 1.54) is 58.5 Å². The van der Waals surface area contributed by atoms with Crippen molar-refractivity contribution < 1.29 is 9.53 Å². The minimum atomic E-state index is -0.0824. The summed E-state index contributed by atoms with van der Waals surface area (Å²) in [5, 5.41) is 0. The summed E-state index contributed by atoms with van der Waals surface area (Å²) in [6.07, 6.45) is 17.8. The molecule has 0 radical (unpaired) electrons. The molecule has 0 fully saturated rings. The van der Waals surface area contributed by atoms with E-state index in [-0.39, 0.29) is 5.97 Å². The van der Waals surface area contributed by atoms with Gasteiger partial charge in [-0.15, -0.1) is 0 Å². The van der Waals surface area contributed by atoms with Crippen LogP contribution in [0.25, 0.3) is 0 Å². The van der Waals surface area contributed by atoms with Crippen LogP contribution >= 0.6 is 0 Å². The molecule has 0 spiro atoms. The number of hydrogen-bond donors (Lipinski definition) is 0. The second-order valence-electron chi connectivity index (χ2n) is 5.78. The minimum Gasteiger partial charge on any atom is -0.469 e. The summed E-state index contributed by atoms with van der Waals surface area (Å²) in [5.74, 6) is 0.588. The smallest absolute Gasteiger partial charge is 0.305 e. The average molecular weight is 282 g/mol. The third-order valence-corrected chi connectivity index (χ3v) is 3.71. The first-order valence-corrected chi connectivity index (χ1v) is 8.44. The van der Waals surface area contributed by atoms with Gasteiger partial charge in [0.2, 0.25) is 0 Å². The highest BCUT2D eigenvalue weighted by molar-refractivity contribution is 5.68. The van der Waals surface area contributed by atoms with Gasteiger partial charge in [-0.05, 0) is 31.6 Å². The van der Waals surface area contributed by atoms with Crippen molar-refractivity contribution in [2.24, 2.45) is 5.92 Å². The van der Waals surface area contributed by atoms with E-state index in [0.29, 0.717) is 12.3 Å². The molecule has 0 aliphatic heterocycles. The molecule has 1 atom stereocenters. The van der Waals surface area contributed by atoms with Crippen LogP contribution in [-0.2, 0) is 9.53 Å². The lowest BCUT2D eigenvalue weighted by atomic mass is 10.0. The normalized spacial score (nSPS) is 12.8. The van der Waals surface area contributed by atoms with Crippen LogP contribution in [0.2, 0.25) is 0 Å². The molecule has 2 heteroatoms. The Morgan fingerprint density at radius 3 is 2.45 bits per heavy atom. The Kier molecular flexibility index (Phi) is 14.0. The van der Waals surface area contributed by atoms with Crippen molar-refractivity contribution in [3.63, 3.8) is 0 Å². The van der Waals surface area contributed by atoms with Gasteiger partial charge in [-0.3, -0.25) is 4.79 Å². The number of carbonyl (C=O) groups is 1. The second-order valence-corrected chi connectivity index (χ2v) is 5.78. The van der Waals surface area contributed by atoms with Gasteiger partial charge in [0.15, 0.2) is 0 Å². The molecule has 0 aliphatic carbocycles. The SMILES string of the molecule is CCCCCCCC=CC(C)CCCCCC(=O)OC. The molecule has 0 aromatic carbocycles. The highest BCUT2D eigenvalue weighted by Crippen LogP contribution is 2.13. The molecule has 0 bridgehead atoms. The van der Waals surface area contributed by atoms with Crippen LogP contribution in [0, 0.1) is 5.92 Å². The first kappa shape index (κ1) is 19.2. The van der Waals surface area contributed by atoms with E-state index in [2.05, 4.69) is 30.7 Å². The zero-order valence-electron chi connectivity index (χ0n) is 13.8. The van der Waals surface area contributed by atoms with Crippen LogP contribution in [0.1, 0.15) is 84.5 Å². The number of ether oxygens (including phenoxy) is 1. The summed E-state index contributed by atoms with van der Waals surface area (Å²) in [6, 6.07) is 0. The van der Waals surface area contributed by atoms with Crippen molar-refractivity contribution in [1.29, 1.82) is 0 Å². The molecule has 0 aliphatic rings. The van der Waals surface area contributed by atoms with E-state index >= 15 is 0 Å². The Morgan fingerprint density at radius 1 is 1.05 bits per heavy atom. The molecule has 20 heavy (non-hydrogen) atoms. The third kappa shape index (κ3) is 13.6. The van der Waals surface area contributed by atoms with Crippen LogP contribution in [0.4, 0.5) is 0 Å². The Morgan fingerprint density at radius 2 is 1.75 bits per heavy atom. The van der Waals surface area contributed by atoms with E-state index in [4.69, 9.17) is 0 Å². The van der Waals surface area contributed by atoms with Crippen molar-refractivity contribution in [1.82, 2.24) is 0 Å². The summed E-state index contributed by atoms with van der Waals surface area (Å²) in [6.45, 7) is 4.54. The van der Waals surface area contributed by atoms with Gasteiger partial charge in [0.05, 0.1) is 7.11 Å². The first-order valence-electron chi connectivity index (χ1n) is 8.44. The summed E-state index contributed by atoms with van der Waals surface area (Å²) in [5.41, 5.74) is 0. The topological polar surface area (TPSA) is 26.3 Å². The summed E-state index contributed by atoms with van der Waals surface area (Å²) >= 11 is 0. The highest BCUT2D eigenvalue weighted by atomic mass is 16.5. The molecule has 0 N–H and O–H groups in total. The molecule has 0 heterocycles. The maximum absolute atomic E-state index is 10.9. The van der Waals surface area contributed by atoms with E-state index in [0.717, 1.165) is 12.8 Å². The summed E-state index contributed by atoms with van der Waals surface area (Å²) < 4.78 is 4.63. The second kappa shape index (κ2) is 14.6. The predicted octanol–water partition coefficient (Wildman–Crippen LogP) is 5.66. The number of methoxy groups -OCH3 is 1. The number of hydrogen-bond acceptors (Lipinski definition) is 2. The Balaban J connectivity index is 3.35. The van der Waals surface area contributed by atoms with Crippen molar-refractivity contribution in [2.75, 3.05) is 7.11 Å². The van der Waals surface area contributed by atoms with Crippen molar-refractivity contribution >= 4 is 5.97 Å². The Labute approximate surface area is 126 Å². The lowest BCUT2D eigenvalue weighted by Gasteiger charge is -2.06. The quantitative estimate of drug-likeness (QED) is 0.247. The van der Waals surface area contributed by atoms with Crippen LogP contribution < -0.4 is 0 Å². The van der Waals surface area contributed by atoms with Gasteiger partial charge in [-0.2, -0.15) is 0 Å². The van der Waals surface area contributed by atoms with Gasteiger partial charge in [-0.25, -0.2) is 0 Å². The summed E-state index contributed by atoms with van der Waals surface area (Å²) in [4.78, 5) is 10.9. The molecule has 0 amide bonds. The van der Waals surface area contributed by atoms with Crippen LogP contribution in [0.15, 0.2) is 12.2 Å². The molecule has 0 aromatic rings.